The Kier molecular flexibility index (Phi) is 6.89. The van der Waals surface area contributed by atoms with E-state index in [-0.39, 0.29) is 10.8 Å². The van der Waals surface area contributed by atoms with Crippen LogP contribution in [0.2, 0.25) is 0 Å². The number of nitrogens with one attached hydrogen (secondary N) is 1. The van der Waals surface area contributed by atoms with E-state index in [4.69, 9.17) is 9.47 Å². The van der Waals surface area contributed by atoms with Crippen molar-refractivity contribution in [2.45, 2.75) is 31.3 Å². The summed E-state index contributed by atoms with van der Waals surface area (Å²) in [6, 6.07) is 14.0. The first-order valence-corrected chi connectivity index (χ1v) is 11.1. The molecule has 1 N–H and O–H groups in total. The number of sulfonamides is 1. The van der Waals surface area contributed by atoms with Gasteiger partial charge in [-0.05, 0) is 43.2 Å². The SMILES string of the molecule is CC[C@H](Oc1ccccc1)C(=O)Nc1ccc(C)c(S(=O)(=O)N2CCOCC2)c1. The molecule has 0 radical (unpaired) electrons. The van der Waals surface area contributed by atoms with Gasteiger partial charge in [0, 0.05) is 18.8 Å². The molecule has 2 aromatic rings. The zero-order valence-corrected chi connectivity index (χ0v) is 17.4. The molecule has 7 nitrogen and oxygen atoms in total. The maximum atomic E-state index is 13.0. The van der Waals surface area contributed by atoms with Gasteiger partial charge in [-0.15, -0.1) is 0 Å². The molecule has 3 rings (SSSR count). The third-order valence-corrected chi connectivity index (χ3v) is 6.77. The predicted octanol–water partition coefficient (Wildman–Crippen LogP) is 2.81. The van der Waals surface area contributed by atoms with Crippen molar-refractivity contribution in [3.63, 3.8) is 0 Å². The molecule has 0 spiro atoms. The number of para-hydroxylation sites is 1. The van der Waals surface area contributed by atoms with Crippen LogP contribution < -0.4 is 10.1 Å². The summed E-state index contributed by atoms with van der Waals surface area (Å²) in [6.45, 7) is 5.00. The summed E-state index contributed by atoms with van der Waals surface area (Å²) in [5, 5.41) is 2.78. The first kappa shape index (κ1) is 21.3. The lowest BCUT2D eigenvalue weighted by molar-refractivity contribution is -0.122. The number of hydrogen-bond donors (Lipinski definition) is 1. The van der Waals surface area contributed by atoms with Crippen LogP contribution in [-0.4, -0.2) is 51.0 Å². The van der Waals surface area contributed by atoms with Gasteiger partial charge >= 0.3 is 0 Å². The molecule has 8 heteroatoms. The van der Waals surface area contributed by atoms with Gasteiger partial charge in [0.1, 0.15) is 5.75 Å². The van der Waals surface area contributed by atoms with Crippen LogP contribution >= 0.6 is 0 Å². The normalized spacial score (nSPS) is 16.2. The average molecular weight is 419 g/mol. The van der Waals surface area contributed by atoms with Gasteiger partial charge in [0.2, 0.25) is 10.0 Å². The molecule has 1 fully saturated rings. The highest BCUT2D eigenvalue weighted by Gasteiger charge is 2.28. The highest BCUT2D eigenvalue weighted by atomic mass is 32.2. The molecule has 0 aliphatic carbocycles. The second-order valence-electron chi connectivity index (χ2n) is 6.81. The lowest BCUT2D eigenvalue weighted by atomic mass is 10.2. The van der Waals surface area contributed by atoms with Crippen molar-refractivity contribution < 1.29 is 22.7 Å². The van der Waals surface area contributed by atoms with E-state index in [9.17, 15) is 13.2 Å². The summed E-state index contributed by atoms with van der Waals surface area (Å²) in [4.78, 5) is 12.9. The van der Waals surface area contributed by atoms with Gasteiger partial charge < -0.3 is 14.8 Å². The first-order valence-electron chi connectivity index (χ1n) is 9.63. The number of rotatable bonds is 7. The van der Waals surface area contributed by atoms with Crippen LogP contribution in [0.25, 0.3) is 0 Å². The van der Waals surface area contributed by atoms with Gasteiger partial charge in [0.25, 0.3) is 5.91 Å². The van der Waals surface area contributed by atoms with Crippen LogP contribution in [0.1, 0.15) is 18.9 Å². The highest BCUT2D eigenvalue weighted by Crippen LogP contribution is 2.25. The van der Waals surface area contributed by atoms with Gasteiger partial charge in [0.05, 0.1) is 18.1 Å². The molecule has 2 aromatic carbocycles. The smallest absolute Gasteiger partial charge is 0.265 e. The number of ether oxygens (including phenoxy) is 2. The number of nitrogens with zero attached hydrogens (tertiary/aromatic N) is 1. The van der Waals surface area contributed by atoms with Gasteiger partial charge in [-0.2, -0.15) is 4.31 Å². The highest BCUT2D eigenvalue weighted by molar-refractivity contribution is 7.89. The Morgan fingerprint density at radius 1 is 1.17 bits per heavy atom. The van der Waals surface area contributed by atoms with Crippen LogP contribution in [-0.2, 0) is 19.6 Å². The van der Waals surface area contributed by atoms with Crippen LogP contribution in [0.4, 0.5) is 5.69 Å². The minimum atomic E-state index is -3.65. The first-order chi connectivity index (χ1) is 13.9. The number of hydrogen-bond acceptors (Lipinski definition) is 5. The Morgan fingerprint density at radius 2 is 1.86 bits per heavy atom. The number of carbonyl (C=O) groups is 1. The minimum Gasteiger partial charge on any atom is -0.481 e. The number of anilines is 1. The lowest BCUT2D eigenvalue weighted by Gasteiger charge is -2.27. The van der Waals surface area contributed by atoms with Gasteiger partial charge in [-0.25, -0.2) is 8.42 Å². The molecular formula is C21H26N2O5S. The molecule has 0 bridgehead atoms. The van der Waals surface area contributed by atoms with E-state index in [0.29, 0.717) is 49.7 Å². The number of aryl methyl sites for hydroxylation is 1. The third kappa shape index (κ3) is 5.14. The molecule has 156 valence electrons. The predicted molar refractivity (Wildman–Crippen MR) is 111 cm³/mol. The largest absolute Gasteiger partial charge is 0.481 e. The maximum Gasteiger partial charge on any atom is 0.265 e. The van der Waals surface area contributed by atoms with Crippen LogP contribution in [0.5, 0.6) is 5.75 Å². The summed E-state index contributed by atoms with van der Waals surface area (Å²) in [5.41, 5.74) is 1.05. The molecular weight excluding hydrogens is 392 g/mol. The van der Waals surface area contributed by atoms with Crippen LogP contribution in [0.3, 0.4) is 0 Å². The van der Waals surface area contributed by atoms with Crippen LogP contribution in [0, 0.1) is 6.92 Å². The van der Waals surface area contributed by atoms with Crippen molar-refractivity contribution in [2.24, 2.45) is 0 Å². The van der Waals surface area contributed by atoms with Crippen LogP contribution in [0.15, 0.2) is 53.4 Å². The Morgan fingerprint density at radius 3 is 2.52 bits per heavy atom. The molecule has 0 unspecified atom stereocenters. The van der Waals surface area contributed by atoms with Gasteiger partial charge in [-0.1, -0.05) is 31.2 Å². The summed E-state index contributed by atoms with van der Waals surface area (Å²) in [6.07, 6.45) is -0.205. The summed E-state index contributed by atoms with van der Waals surface area (Å²) in [5.74, 6) is 0.281. The second-order valence-corrected chi connectivity index (χ2v) is 8.72. The summed E-state index contributed by atoms with van der Waals surface area (Å²) >= 11 is 0. The monoisotopic (exact) mass is 418 g/mol. The second kappa shape index (κ2) is 9.39. The van der Waals surface area contributed by atoms with E-state index < -0.39 is 16.1 Å². The Hall–Kier alpha value is -2.42. The molecule has 29 heavy (non-hydrogen) atoms. The molecule has 1 atom stereocenters. The van der Waals surface area contributed by atoms with Crippen molar-refractivity contribution in [1.82, 2.24) is 4.31 Å². The Balaban J connectivity index is 1.77. The summed E-state index contributed by atoms with van der Waals surface area (Å²) in [7, 11) is -3.65. The molecule has 1 aliphatic heterocycles. The van der Waals surface area contributed by atoms with Gasteiger partial charge in [-0.3, -0.25) is 4.79 Å². The fourth-order valence-electron chi connectivity index (χ4n) is 3.09. The number of carbonyl (C=O) groups excluding carboxylic acids is 1. The van der Waals surface area contributed by atoms with Crippen molar-refractivity contribution in [3.05, 3.63) is 54.1 Å². The standard InChI is InChI=1S/C21H26N2O5S/c1-3-19(28-18-7-5-4-6-8-18)21(24)22-17-10-9-16(2)20(15-17)29(25,26)23-11-13-27-14-12-23/h4-10,15,19H,3,11-14H2,1-2H3,(H,22,24)/t19-/m0/s1. The molecule has 1 heterocycles. The number of benzene rings is 2. The van der Waals surface area contributed by atoms with E-state index in [2.05, 4.69) is 5.32 Å². The van der Waals surface area contributed by atoms with E-state index in [0.717, 1.165) is 0 Å². The molecule has 0 saturated carbocycles. The lowest BCUT2D eigenvalue weighted by Crippen LogP contribution is -2.40. The van der Waals surface area contributed by atoms with Crippen molar-refractivity contribution >= 4 is 21.6 Å². The van der Waals surface area contributed by atoms with E-state index in [1.807, 2.05) is 25.1 Å². The number of amides is 1. The van der Waals surface area contributed by atoms with E-state index in [1.54, 1.807) is 31.2 Å². The van der Waals surface area contributed by atoms with Gasteiger partial charge in [0.15, 0.2) is 6.10 Å². The topological polar surface area (TPSA) is 84.9 Å². The summed E-state index contributed by atoms with van der Waals surface area (Å²) < 4.78 is 38.4. The zero-order chi connectivity index (χ0) is 20.9. The molecule has 1 aliphatic rings. The Bertz CT molecular complexity index is 941. The van der Waals surface area contributed by atoms with Crippen molar-refractivity contribution in [1.29, 1.82) is 0 Å². The average Bonchev–Trinajstić information content (AvgIpc) is 2.74. The third-order valence-electron chi connectivity index (χ3n) is 4.73. The van der Waals surface area contributed by atoms with Crippen molar-refractivity contribution in [3.8, 4) is 5.75 Å². The Labute approximate surface area is 171 Å². The quantitative estimate of drug-likeness (QED) is 0.747. The fraction of sp³-hybridized carbons (Fsp3) is 0.381. The molecule has 1 amide bonds. The van der Waals surface area contributed by atoms with E-state index >= 15 is 0 Å². The minimum absolute atomic E-state index is 0.189. The number of morpholine rings is 1. The fourth-order valence-corrected chi connectivity index (χ4v) is 4.75. The molecule has 1 saturated heterocycles. The maximum absolute atomic E-state index is 13.0. The van der Waals surface area contributed by atoms with E-state index in [1.165, 1.54) is 10.4 Å². The van der Waals surface area contributed by atoms with Crippen molar-refractivity contribution in [2.75, 3.05) is 31.6 Å². The zero-order valence-electron chi connectivity index (χ0n) is 16.6. The molecule has 0 aromatic heterocycles.